The second kappa shape index (κ2) is 12.4. The minimum absolute atomic E-state index is 0. The number of phenolic OH excluding ortho intramolecular Hbond substituents is 1. The Hall–Kier alpha value is -1.52. The number of aliphatic hydroxyl groups is 8. The van der Waals surface area contributed by atoms with Crippen LogP contribution in [0.3, 0.4) is 0 Å². The Kier molecular flexibility index (Phi) is 10.5. The number of hydrogen-bond donors (Lipinski definition) is 9. The molecule has 10 atom stereocenters. The van der Waals surface area contributed by atoms with E-state index in [2.05, 4.69) is 9.98 Å². The summed E-state index contributed by atoms with van der Waals surface area (Å²) in [6.45, 7) is -1.22. The Morgan fingerprint density at radius 2 is 1.09 bits per heavy atom. The number of ether oxygens (including phenoxy) is 2. The molecule has 193 valence electrons. The van der Waals surface area contributed by atoms with Gasteiger partial charge in [-0.05, 0) is 12.1 Å². The first-order chi connectivity index (χ1) is 15.7. The second-order valence-corrected chi connectivity index (χ2v) is 7.78. The van der Waals surface area contributed by atoms with E-state index in [1.54, 1.807) is 0 Å². The summed E-state index contributed by atoms with van der Waals surface area (Å²) in [4.78, 5) is 7.97. The molecule has 0 saturated carbocycles. The van der Waals surface area contributed by atoms with Gasteiger partial charge in [-0.1, -0.05) is 6.07 Å². The van der Waals surface area contributed by atoms with Gasteiger partial charge in [0.15, 0.2) is 12.6 Å². The Balaban J connectivity index is 0.00000408. The van der Waals surface area contributed by atoms with Crippen LogP contribution in [0.1, 0.15) is 11.1 Å². The molecule has 13 nitrogen and oxygen atoms in total. The molecule has 0 aromatic heterocycles. The summed E-state index contributed by atoms with van der Waals surface area (Å²) in [5, 5.41) is 88.9. The fourth-order valence-corrected chi connectivity index (χ4v) is 3.61. The van der Waals surface area contributed by atoms with Gasteiger partial charge in [-0.3, -0.25) is 9.98 Å². The largest absolute Gasteiger partial charge is 2.00 e. The maximum atomic E-state index is 10.5. The molecule has 34 heavy (non-hydrogen) atoms. The van der Waals surface area contributed by atoms with E-state index in [9.17, 15) is 35.7 Å². The van der Waals surface area contributed by atoms with Crippen molar-refractivity contribution in [3.8, 4) is 5.75 Å². The molecule has 2 fully saturated rings. The van der Waals surface area contributed by atoms with Crippen molar-refractivity contribution in [3.63, 3.8) is 0 Å². The molecule has 0 aliphatic carbocycles. The number of rotatable bonds is 6. The van der Waals surface area contributed by atoms with Crippen LogP contribution in [0.25, 0.3) is 0 Å². The SMILES string of the molecule is OCC1OC(O)C(N=Cc2cccc(C=NC3C(O)OC(CO)C(O)C3O)c2O)C(O)C1O.[Cu+2]. The van der Waals surface area contributed by atoms with Crippen LogP contribution in [0.2, 0.25) is 0 Å². The topological polar surface area (TPSA) is 225 Å². The molecule has 14 heteroatoms. The number of para-hydroxylation sites is 1. The Morgan fingerprint density at radius 1 is 0.706 bits per heavy atom. The third-order valence-corrected chi connectivity index (χ3v) is 5.60. The Labute approximate surface area is 204 Å². The van der Waals surface area contributed by atoms with Crippen LogP contribution in [-0.4, -0.2) is 133 Å². The van der Waals surface area contributed by atoms with Gasteiger partial charge in [-0.15, -0.1) is 0 Å². The summed E-state index contributed by atoms with van der Waals surface area (Å²) >= 11 is 0. The molecule has 1 aromatic carbocycles. The molecule has 2 saturated heterocycles. The quantitative estimate of drug-likeness (QED) is 0.125. The third-order valence-electron chi connectivity index (χ3n) is 5.60. The van der Waals surface area contributed by atoms with Crippen LogP contribution in [0.15, 0.2) is 28.2 Å². The van der Waals surface area contributed by atoms with Crippen LogP contribution in [0.5, 0.6) is 5.75 Å². The molecule has 2 aliphatic heterocycles. The normalized spacial score (nSPS) is 38.8. The minimum atomic E-state index is -1.60. The van der Waals surface area contributed by atoms with Crippen molar-refractivity contribution in [2.45, 2.75) is 61.3 Å². The van der Waals surface area contributed by atoms with E-state index in [0.717, 1.165) is 12.4 Å². The van der Waals surface area contributed by atoms with E-state index in [1.165, 1.54) is 18.2 Å². The van der Waals surface area contributed by atoms with Gasteiger partial charge in [-0.2, -0.15) is 0 Å². The molecular formula is C20H28CuN2O11+2. The smallest absolute Gasteiger partial charge is 0.507 e. The molecule has 1 aromatic rings. The Bertz CT molecular complexity index is 796. The average molecular weight is 536 g/mol. The number of benzene rings is 1. The van der Waals surface area contributed by atoms with Crippen molar-refractivity contribution in [2.24, 2.45) is 9.98 Å². The number of aromatic hydroxyl groups is 1. The number of aliphatic imine (C=N–C) groups is 2. The van der Waals surface area contributed by atoms with Crippen molar-refractivity contribution in [1.82, 2.24) is 0 Å². The number of aliphatic hydroxyl groups excluding tert-OH is 8. The summed E-state index contributed by atoms with van der Waals surface area (Å²) < 4.78 is 10.1. The van der Waals surface area contributed by atoms with Gasteiger partial charge in [0.05, 0.1) is 13.2 Å². The standard InChI is InChI=1S/C20H28N2O11.Cu/c23-6-10-15(26)17(28)12(19(30)32-10)21-4-8-2-1-3-9(14(8)25)5-22-13-18(29)16(27)11(7-24)33-20(13)31;/h1-5,10-13,15-20,23-31H,6-7H2;/q;+2. The zero-order valence-electron chi connectivity index (χ0n) is 17.6. The molecule has 9 N–H and O–H groups in total. The summed E-state index contributed by atoms with van der Waals surface area (Å²) in [6.07, 6.45) is -9.29. The number of nitrogens with zero attached hydrogens (tertiary/aromatic N) is 2. The fraction of sp³-hybridized carbons (Fsp3) is 0.600. The van der Waals surface area contributed by atoms with Crippen LogP contribution in [-0.2, 0) is 26.5 Å². The monoisotopic (exact) mass is 535 g/mol. The van der Waals surface area contributed by atoms with Crippen molar-refractivity contribution in [1.29, 1.82) is 0 Å². The van der Waals surface area contributed by atoms with Crippen LogP contribution >= 0.6 is 0 Å². The zero-order chi connectivity index (χ0) is 24.3. The second-order valence-electron chi connectivity index (χ2n) is 7.78. The van der Waals surface area contributed by atoms with E-state index >= 15 is 0 Å². The predicted molar refractivity (Wildman–Crippen MR) is 111 cm³/mol. The van der Waals surface area contributed by atoms with Gasteiger partial charge in [0.1, 0.15) is 54.5 Å². The maximum absolute atomic E-state index is 10.5. The maximum Gasteiger partial charge on any atom is 2.00 e. The van der Waals surface area contributed by atoms with Gasteiger partial charge in [0, 0.05) is 23.6 Å². The Morgan fingerprint density at radius 3 is 1.44 bits per heavy atom. The average Bonchev–Trinajstić information content (AvgIpc) is 2.80. The molecular weight excluding hydrogens is 508 g/mol. The molecule has 0 bridgehead atoms. The molecule has 0 amide bonds. The van der Waals surface area contributed by atoms with Crippen molar-refractivity contribution in [2.75, 3.05) is 13.2 Å². The van der Waals surface area contributed by atoms with E-state index in [-0.39, 0.29) is 33.9 Å². The van der Waals surface area contributed by atoms with Crippen molar-refractivity contribution >= 4 is 12.4 Å². The number of phenols is 1. The molecule has 2 heterocycles. The van der Waals surface area contributed by atoms with Crippen LogP contribution < -0.4 is 0 Å². The summed E-state index contributed by atoms with van der Waals surface area (Å²) in [7, 11) is 0. The predicted octanol–water partition coefficient (Wildman–Crippen LogP) is -4.17. The molecule has 2 aliphatic rings. The van der Waals surface area contributed by atoms with E-state index in [0.29, 0.717) is 0 Å². The van der Waals surface area contributed by atoms with Gasteiger partial charge in [-0.25, -0.2) is 0 Å². The molecule has 0 spiro atoms. The first kappa shape index (κ1) is 28.7. The van der Waals surface area contributed by atoms with Crippen molar-refractivity contribution in [3.05, 3.63) is 29.3 Å². The fourth-order valence-electron chi connectivity index (χ4n) is 3.61. The van der Waals surface area contributed by atoms with Crippen LogP contribution in [0.4, 0.5) is 0 Å². The van der Waals surface area contributed by atoms with Crippen LogP contribution in [0, 0.1) is 0 Å². The first-order valence-electron chi connectivity index (χ1n) is 10.2. The van der Waals surface area contributed by atoms with Gasteiger partial charge < -0.3 is 55.4 Å². The van der Waals surface area contributed by atoms with E-state index < -0.39 is 74.5 Å². The summed E-state index contributed by atoms with van der Waals surface area (Å²) in [5.74, 6) is -0.311. The summed E-state index contributed by atoms with van der Waals surface area (Å²) in [6, 6.07) is 1.89. The van der Waals surface area contributed by atoms with Crippen molar-refractivity contribution < 1.29 is 72.5 Å². The van der Waals surface area contributed by atoms with Gasteiger partial charge in [0.25, 0.3) is 0 Å². The van der Waals surface area contributed by atoms with E-state index in [1.807, 2.05) is 0 Å². The summed E-state index contributed by atoms with van der Waals surface area (Å²) in [5.41, 5.74) is 0.303. The first-order valence-corrected chi connectivity index (χ1v) is 10.2. The molecule has 3 rings (SSSR count). The van der Waals surface area contributed by atoms with Gasteiger partial charge in [0.2, 0.25) is 0 Å². The van der Waals surface area contributed by atoms with E-state index in [4.69, 9.17) is 19.7 Å². The molecule has 1 radical (unpaired) electrons. The zero-order valence-corrected chi connectivity index (χ0v) is 18.6. The minimum Gasteiger partial charge on any atom is -0.507 e. The third kappa shape index (κ3) is 5.99. The number of hydrogen-bond acceptors (Lipinski definition) is 13. The molecule has 10 unspecified atom stereocenters. The van der Waals surface area contributed by atoms with Gasteiger partial charge >= 0.3 is 17.1 Å².